The van der Waals surface area contributed by atoms with E-state index in [-0.39, 0.29) is 12.5 Å². The molecule has 3 aromatic carbocycles. The second-order valence-corrected chi connectivity index (χ2v) is 6.88. The third kappa shape index (κ3) is 5.59. The Kier molecular flexibility index (Phi) is 6.52. The number of halogens is 1. The highest BCUT2D eigenvalue weighted by Crippen LogP contribution is 2.21. The molecule has 0 bridgehead atoms. The number of benzene rings is 3. The number of hydrogen-bond donors (Lipinski definition) is 0. The fourth-order valence-corrected chi connectivity index (χ4v) is 2.70. The molecule has 0 fully saturated rings. The van der Waals surface area contributed by atoms with E-state index in [1.165, 1.54) is 0 Å². The van der Waals surface area contributed by atoms with Gasteiger partial charge in [-0.05, 0) is 67.6 Å². The van der Waals surface area contributed by atoms with Crippen molar-refractivity contribution in [1.82, 2.24) is 0 Å². The Hall–Kier alpha value is -3.31. The van der Waals surface area contributed by atoms with Crippen LogP contribution in [0.25, 0.3) is 0 Å². The summed E-state index contributed by atoms with van der Waals surface area (Å²) in [5.74, 6) is 0.246. The topological polar surface area (TPSA) is 55.8 Å². The highest BCUT2D eigenvalue weighted by molar-refractivity contribution is 6.30. The molecule has 0 N–H and O–H groups in total. The van der Waals surface area contributed by atoms with Crippen LogP contribution in [0.2, 0.25) is 5.02 Å². The van der Waals surface area contributed by atoms with Crippen LogP contribution in [0.5, 0.6) is 11.5 Å². The minimum absolute atomic E-state index is 0.119. The standard InChI is InChI=1S/C23H20ClNO4/c1-16-3-5-17(6-4-16)23(27)25(2)19-9-13-21(14-10-19)29-22(26)15-28-20-11-7-18(24)8-12-20/h3-14H,15H2,1-2H3. The molecule has 6 heteroatoms. The van der Waals surface area contributed by atoms with Gasteiger partial charge in [-0.2, -0.15) is 0 Å². The predicted octanol–water partition coefficient (Wildman–Crippen LogP) is 4.91. The third-order valence-electron chi connectivity index (χ3n) is 4.23. The van der Waals surface area contributed by atoms with Crippen LogP contribution in [0.3, 0.4) is 0 Å². The lowest BCUT2D eigenvalue weighted by Gasteiger charge is -2.18. The largest absolute Gasteiger partial charge is 0.482 e. The maximum Gasteiger partial charge on any atom is 0.349 e. The van der Waals surface area contributed by atoms with Crippen molar-refractivity contribution in [3.8, 4) is 11.5 Å². The molecule has 0 aliphatic carbocycles. The van der Waals surface area contributed by atoms with Crippen LogP contribution in [-0.4, -0.2) is 25.5 Å². The first kappa shape index (κ1) is 20.4. The van der Waals surface area contributed by atoms with Gasteiger partial charge in [0.25, 0.3) is 5.91 Å². The van der Waals surface area contributed by atoms with Gasteiger partial charge in [-0.1, -0.05) is 29.3 Å². The molecule has 3 rings (SSSR count). The van der Waals surface area contributed by atoms with Gasteiger partial charge in [0, 0.05) is 23.3 Å². The number of ether oxygens (including phenoxy) is 2. The smallest absolute Gasteiger partial charge is 0.349 e. The van der Waals surface area contributed by atoms with Gasteiger partial charge in [0.1, 0.15) is 11.5 Å². The number of carbonyl (C=O) groups excluding carboxylic acids is 2. The Morgan fingerprint density at radius 1 is 0.862 bits per heavy atom. The number of esters is 1. The maximum atomic E-state index is 12.6. The molecule has 0 heterocycles. The van der Waals surface area contributed by atoms with Crippen LogP contribution in [0.4, 0.5) is 5.69 Å². The van der Waals surface area contributed by atoms with Crippen molar-refractivity contribution in [2.45, 2.75) is 6.92 Å². The van der Waals surface area contributed by atoms with Gasteiger partial charge in [0.2, 0.25) is 0 Å². The van der Waals surface area contributed by atoms with E-state index in [1.807, 2.05) is 19.1 Å². The molecule has 0 saturated carbocycles. The minimum atomic E-state index is -0.531. The molecule has 0 spiro atoms. The molecule has 3 aromatic rings. The molecule has 0 atom stereocenters. The van der Waals surface area contributed by atoms with E-state index in [0.29, 0.717) is 27.8 Å². The predicted molar refractivity (Wildman–Crippen MR) is 113 cm³/mol. The quantitative estimate of drug-likeness (QED) is 0.428. The molecular weight excluding hydrogens is 390 g/mol. The van der Waals surface area contributed by atoms with Crippen molar-refractivity contribution < 1.29 is 19.1 Å². The minimum Gasteiger partial charge on any atom is -0.482 e. The lowest BCUT2D eigenvalue weighted by molar-refractivity contribution is -0.136. The molecule has 5 nitrogen and oxygen atoms in total. The van der Waals surface area contributed by atoms with E-state index in [9.17, 15) is 9.59 Å². The van der Waals surface area contributed by atoms with E-state index < -0.39 is 5.97 Å². The Bertz CT molecular complexity index is 983. The second-order valence-electron chi connectivity index (χ2n) is 6.44. The van der Waals surface area contributed by atoms with E-state index in [4.69, 9.17) is 21.1 Å². The average molecular weight is 410 g/mol. The second kappa shape index (κ2) is 9.26. The van der Waals surface area contributed by atoms with Crippen molar-refractivity contribution in [3.05, 3.63) is 88.9 Å². The van der Waals surface area contributed by atoms with Crippen molar-refractivity contribution in [2.75, 3.05) is 18.6 Å². The summed E-state index contributed by atoms with van der Waals surface area (Å²) in [6.07, 6.45) is 0. The van der Waals surface area contributed by atoms with Crippen molar-refractivity contribution >= 4 is 29.2 Å². The highest BCUT2D eigenvalue weighted by Gasteiger charge is 2.14. The van der Waals surface area contributed by atoms with E-state index >= 15 is 0 Å². The number of amides is 1. The Morgan fingerprint density at radius 2 is 1.45 bits per heavy atom. The SMILES string of the molecule is Cc1ccc(C(=O)N(C)c2ccc(OC(=O)COc3ccc(Cl)cc3)cc2)cc1. The van der Waals surface area contributed by atoms with Crippen LogP contribution < -0.4 is 14.4 Å². The molecule has 0 unspecified atom stereocenters. The van der Waals surface area contributed by atoms with Gasteiger partial charge < -0.3 is 14.4 Å². The van der Waals surface area contributed by atoms with E-state index in [0.717, 1.165) is 5.56 Å². The molecule has 29 heavy (non-hydrogen) atoms. The Morgan fingerprint density at radius 3 is 2.07 bits per heavy atom. The van der Waals surface area contributed by atoms with Crippen molar-refractivity contribution in [3.63, 3.8) is 0 Å². The zero-order valence-electron chi connectivity index (χ0n) is 16.1. The third-order valence-corrected chi connectivity index (χ3v) is 4.48. The molecule has 0 saturated heterocycles. The van der Waals surface area contributed by atoms with E-state index in [2.05, 4.69) is 0 Å². The fourth-order valence-electron chi connectivity index (χ4n) is 2.58. The molecular formula is C23H20ClNO4. The van der Waals surface area contributed by atoms with Gasteiger partial charge in [-0.15, -0.1) is 0 Å². The summed E-state index contributed by atoms with van der Waals surface area (Å²) in [4.78, 5) is 26.1. The summed E-state index contributed by atoms with van der Waals surface area (Å²) in [5.41, 5.74) is 2.39. The zero-order valence-corrected chi connectivity index (χ0v) is 16.8. The van der Waals surface area contributed by atoms with Crippen LogP contribution in [-0.2, 0) is 4.79 Å². The molecule has 0 aliphatic heterocycles. The molecule has 148 valence electrons. The molecule has 0 aromatic heterocycles. The summed E-state index contributed by atoms with van der Waals surface area (Å²) in [5, 5.41) is 0.589. The van der Waals surface area contributed by atoms with Crippen LogP contribution in [0, 0.1) is 6.92 Å². The summed E-state index contributed by atoms with van der Waals surface area (Å²) in [6, 6.07) is 20.8. The van der Waals surface area contributed by atoms with Gasteiger partial charge in [0.15, 0.2) is 6.61 Å². The number of anilines is 1. The number of carbonyl (C=O) groups is 2. The normalized spacial score (nSPS) is 10.3. The monoisotopic (exact) mass is 409 g/mol. The van der Waals surface area contributed by atoms with Gasteiger partial charge >= 0.3 is 5.97 Å². The first-order chi connectivity index (χ1) is 13.9. The maximum absolute atomic E-state index is 12.6. The number of hydrogen-bond acceptors (Lipinski definition) is 4. The number of rotatable bonds is 6. The Balaban J connectivity index is 1.56. The Labute approximate surface area is 174 Å². The van der Waals surface area contributed by atoms with E-state index in [1.54, 1.807) is 72.6 Å². The fraction of sp³-hybridized carbons (Fsp3) is 0.130. The highest BCUT2D eigenvalue weighted by atomic mass is 35.5. The summed E-state index contributed by atoms with van der Waals surface area (Å²) in [7, 11) is 1.70. The van der Waals surface area contributed by atoms with Gasteiger partial charge in [-0.3, -0.25) is 4.79 Å². The first-order valence-electron chi connectivity index (χ1n) is 8.96. The van der Waals surface area contributed by atoms with Gasteiger partial charge in [0.05, 0.1) is 0 Å². The van der Waals surface area contributed by atoms with Crippen molar-refractivity contribution in [2.24, 2.45) is 0 Å². The van der Waals surface area contributed by atoms with Gasteiger partial charge in [-0.25, -0.2) is 4.79 Å². The van der Waals surface area contributed by atoms with Crippen LogP contribution in [0.1, 0.15) is 15.9 Å². The zero-order chi connectivity index (χ0) is 20.8. The average Bonchev–Trinajstić information content (AvgIpc) is 2.73. The summed E-state index contributed by atoms with van der Waals surface area (Å²) >= 11 is 5.81. The summed E-state index contributed by atoms with van der Waals surface area (Å²) in [6.45, 7) is 1.74. The first-order valence-corrected chi connectivity index (χ1v) is 9.34. The van der Waals surface area contributed by atoms with Crippen molar-refractivity contribution in [1.29, 1.82) is 0 Å². The lowest BCUT2D eigenvalue weighted by Crippen LogP contribution is -2.26. The molecule has 1 amide bonds. The number of aryl methyl sites for hydroxylation is 1. The molecule has 0 aliphatic rings. The van der Waals surface area contributed by atoms with Crippen LogP contribution >= 0.6 is 11.6 Å². The molecule has 0 radical (unpaired) electrons. The number of nitrogens with zero attached hydrogens (tertiary/aromatic N) is 1. The lowest BCUT2D eigenvalue weighted by atomic mass is 10.1. The van der Waals surface area contributed by atoms with Crippen LogP contribution in [0.15, 0.2) is 72.8 Å². The summed E-state index contributed by atoms with van der Waals surface area (Å²) < 4.78 is 10.6.